The van der Waals surface area contributed by atoms with Gasteiger partial charge in [0.15, 0.2) is 11.0 Å². The summed E-state index contributed by atoms with van der Waals surface area (Å²) in [6.45, 7) is 2.29. The van der Waals surface area contributed by atoms with Crippen LogP contribution in [0.3, 0.4) is 0 Å². The van der Waals surface area contributed by atoms with Crippen LogP contribution in [0.15, 0.2) is 56.7 Å². The van der Waals surface area contributed by atoms with Crippen molar-refractivity contribution in [1.29, 1.82) is 0 Å². The summed E-state index contributed by atoms with van der Waals surface area (Å²) < 4.78 is 8.58. The lowest BCUT2D eigenvalue weighted by molar-refractivity contribution is -0.120. The largest absolute Gasteiger partial charge is 0.467 e. The highest BCUT2D eigenvalue weighted by molar-refractivity contribution is 9.10. The summed E-state index contributed by atoms with van der Waals surface area (Å²) in [5, 5.41) is 12.5. The molecule has 4 rings (SSSR count). The van der Waals surface area contributed by atoms with E-state index in [1.165, 1.54) is 31.0 Å². The maximum Gasteiger partial charge on any atom is 0.233 e. The zero-order valence-corrected chi connectivity index (χ0v) is 19.3. The molecule has 2 heterocycles. The quantitative estimate of drug-likeness (QED) is 0.438. The van der Waals surface area contributed by atoms with Crippen LogP contribution in [0.4, 0.5) is 0 Å². The number of amides is 1. The Morgan fingerprint density at radius 2 is 2.00 bits per heavy atom. The van der Waals surface area contributed by atoms with E-state index >= 15 is 0 Å². The molecule has 1 aromatic carbocycles. The van der Waals surface area contributed by atoms with Gasteiger partial charge in [0.25, 0.3) is 0 Å². The number of aromatic nitrogens is 3. The number of hydrogen-bond donors (Lipinski definition) is 1. The maximum absolute atomic E-state index is 12.6. The molecule has 6 nitrogen and oxygen atoms in total. The molecule has 2 aromatic heterocycles. The van der Waals surface area contributed by atoms with Crippen LogP contribution >= 0.6 is 27.7 Å². The number of thioether (sulfide) groups is 1. The van der Waals surface area contributed by atoms with Crippen LogP contribution in [0, 0.1) is 0 Å². The zero-order chi connectivity index (χ0) is 20.9. The van der Waals surface area contributed by atoms with Gasteiger partial charge >= 0.3 is 0 Å². The standard InChI is InChI=1S/C22H25BrN4O2S/c1-15(21(28)24-14-19-8-5-13-29-19)30-22-26-25-20(16-9-11-17(23)12-10-16)27(22)18-6-3-2-4-7-18/h5,8-13,15,18H,2-4,6-7,14H2,1H3,(H,24,28)/t15-/m1/s1. The Hall–Kier alpha value is -2.06. The van der Waals surface area contributed by atoms with E-state index in [9.17, 15) is 4.79 Å². The summed E-state index contributed by atoms with van der Waals surface area (Å²) in [6, 6.07) is 12.2. The summed E-state index contributed by atoms with van der Waals surface area (Å²) in [6.07, 6.45) is 7.55. The molecule has 1 aliphatic carbocycles. The molecule has 1 atom stereocenters. The second-order valence-electron chi connectivity index (χ2n) is 7.53. The number of furan rings is 1. The van der Waals surface area contributed by atoms with Crippen molar-refractivity contribution in [2.75, 3.05) is 0 Å². The molecule has 1 N–H and O–H groups in total. The van der Waals surface area contributed by atoms with Gasteiger partial charge in [-0.3, -0.25) is 9.36 Å². The Kier molecular flexibility index (Phi) is 6.94. The van der Waals surface area contributed by atoms with Crippen LogP contribution in [0.1, 0.15) is 50.8 Å². The number of nitrogens with one attached hydrogen (secondary N) is 1. The van der Waals surface area contributed by atoms with Gasteiger partial charge in [-0.15, -0.1) is 10.2 Å². The molecule has 3 aromatic rings. The number of nitrogens with zero attached hydrogens (tertiary/aromatic N) is 3. The molecular formula is C22H25BrN4O2S. The monoisotopic (exact) mass is 488 g/mol. The van der Waals surface area contributed by atoms with E-state index in [-0.39, 0.29) is 11.2 Å². The molecule has 30 heavy (non-hydrogen) atoms. The van der Waals surface area contributed by atoms with Crippen molar-refractivity contribution in [1.82, 2.24) is 20.1 Å². The maximum atomic E-state index is 12.6. The van der Waals surface area contributed by atoms with Gasteiger partial charge in [0.1, 0.15) is 5.76 Å². The smallest absolute Gasteiger partial charge is 0.233 e. The minimum absolute atomic E-state index is 0.0419. The van der Waals surface area contributed by atoms with Gasteiger partial charge in [-0.2, -0.15) is 0 Å². The predicted octanol–water partition coefficient (Wildman–Crippen LogP) is 5.60. The normalized spacial score (nSPS) is 15.8. The van der Waals surface area contributed by atoms with E-state index in [0.29, 0.717) is 12.6 Å². The average molecular weight is 489 g/mol. The number of benzene rings is 1. The van der Waals surface area contributed by atoms with Crippen LogP contribution in [0.5, 0.6) is 0 Å². The molecule has 0 bridgehead atoms. The van der Waals surface area contributed by atoms with Crippen molar-refractivity contribution in [3.63, 3.8) is 0 Å². The molecule has 1 amide bonds. The first-order valence-corrected chi connectivity index (χ1v) is 12.0. The minimum Gasteiger partial charge on any atom is -0.467 e. The van der Waals surface area contributed by atoms with E-state index in [4.69, 9.17) is 4.42 Å². The summed E-state index contributed by atoms with van der Waals surface area (Å²) in [4.78, 5) is 12.6. The van der Waals surface area contributed by atoms with Crippen LogP contribution in [0.25, 0.3) is 11.4 Å². The number of carbonyl (C=O) groups excluding carboxylic acids is 1. The Balaban J connectivity index is 1.54. The Morgan fingerprint density at radius 1 is 1.23 bits per heavy atom. The third kappa shape index (κ3) is 4.98. The lowest BCUT2D eigenvalue weighted by Crippen LogP contribution is -2.30. The number of halogens is 1. The number of hydrogen-bond acceptors (Lipinski definition) is 5. The molecule has 0 spiro atoms. The van der Waals surface area contributed by atoms with Gasteiger partial charge in [-0.05, 0) is 44.0 Å². The van der Waals surface area contributed by atoms with Gasteiger partial charge in [0, 0.05) is 16.1 Å². The van der Waals surface area contributed by atoms with Crippen LogP contribution in [0.2, 0.25) is 0 Å². The fourth-order valence-electron chi connectivity index (χ4n) is 3.76. The summed E-state index contributed by atoms with van der Waals surface area (Å²) in [7, 11) is 0. The highest BCUT2D eigenvalue weighted by atomic mass is 79.9. The van der Waals surface area contributed by atoms with Crippen molar-refractivity contribution in [3.05, 3.63) is 52.9 Å². The second-order valence-corrected chi connectivity index (χ2v) is 9.76. The molecule has 0 saturated heterocycles. The van der Waals surface area contributed by atoms with E-state index < -0.39 is 0 Å². The van der Waals surface area contributed by atoms with Gasteiger partial charge < -0.3 is 9.73 Å². The van der Waals surface area contributed by atoms with Crippen molar-refractivity contribution < 1.29 is 9.21 Å². The second kappa shape index (κ2) is 9.83. The third-order valence-corrected chi connectivity index (χ3v) is 6.96. The predicted molar refractivity (Wildman–Crippen MR) is 121 cm³/mol. The van der Waals surface area contributed by atoms with E-state index in [1.807, 2.05) is 31.2 Å². The summed E-state index contributed by atoms with van der Waals surface area (Å²) in [5.41, 5.74) is 1.04. The van der Waals surface area contributed by atoms with E-state index in [0.717, 1.165) is 39.6 Å². The van der Waals surface area contributed by atoms with E-state index in [2.05, 4.69) is 48.1 Å². The Morgan fingerprint density at radius 3 is 2.70 bits per heavy atom. The average Bonchev–Trinajstić information content (AvgIpc) is 3.43. The van der Waals surface area contributed by atoms with Crippen molar-refractivity contribution in [2.45, 2.75) is 62.0 Å². The Labute approximate surface area is 189 Å². The van der Waals surface area contributed by atoms with Crippen LogP contribution in [-0.2, 0) is 11.3 Å². The molecule has 158 valence electrons. The first-order chi connectivity index (χ1) is 14.6. The highest BCUT2D eigenvalue weighted by Crippen LogP contribution is 2.36. The minimum atomic E-state index is -0.288. The van der Waals surface area contributed by atoms with Gasteiger partial charge in [0.2, 0.25) is 5.91 Å². The van der Waals surface area contributed by atoms with Crippen LogP contribution in [-0.4, -0.2) is 25.9 Å². The fraction of sp³-hybridized carbons (Fsp3) is 0.409. The Bertz CT molecular complexity index is 966. The topological polar surface area (TPSA) is 73.0 Å². The SMILES string of the molecule is C[C@@H](Sc1nnc(-c2ccc(Br)cc2)n1C1CCCCC1)C(=O)NCc1ccco1. The molecule has 0 unspecified atom stereocenters. The lowest BCUT2D eigenvalue weighted by Gasteiger charge is -2.26. The molecule has 1 fully saturated rings. The fourth-order valence-corrected chi connectivity index (χ4v) is 4.97. The molecule has 0 aliphatic heterocycles. The van der Waals surface area contributed by atoms with Crippen molar-refractivity contribution >= 4 is 33.6 Å². The zero-order valence-electron chi connectivity index (χ0n) is 16.9. The molecule has 8 heteroatoms. The first kappa shape index (κ1) is 21.2. The molecule has 1 aliphatic rings. The van der Waals surface area contributed by atoms with Gasteiger partial charge in [0.05, 0.1) is 18.1 Å². The van der Waals surface area contributed by atoms with Crippen LogP contribution < -0.4 is 5.32 Å². The third-order valence-electron chi connectivity index (χ3n) is 5.38. The van der Waals surface area contributed by atoms with E-state index in [1.54, 1.807) is 6.26 Å². The summed E-state index contributed by atoms with van der Waals surface area (Å²) >= 11 is 4.96. The highest BCUT2D eigenvalue weighted by Gasteiger charge is 2.26. The number of rotatable bonds is 7. The molecular weight excluding hydrogens is 464 g/mol. The first-order valence-electron chi connectivity index (χ1n) is 10.3. The van der Waals surface area contributed by atoms with Crippen molar-refractivity contribution in [2.24, 2.45) is 0 Å². The van der Waals surface area contributed by atoms with Gasteiger partial charge in [-0.1, -0.05) is 59.1 Å². The van der Waals surface area contributed by atoms with Crippen molar-refractivity contribution in [3.8, 4) is 11.4 Å². The molecule has 0 radical (unpaired) electrons. The number of carbonyl (C=O) groups is 1. The van der Waals surface area contributed by atoms with Gasteiger partial charge in [-0.25, -0.2) is 0 Å². The summed E-state index contributed by atoms with van der Waals surface area (Å²) in [5.74, 6) is 1.57. The molecule has 1 saturated carbocycles. The lowest BCUT2D eigenvalue weighted by atomic mass is 9.95.